The van der Waals surface area contributed by atoms with E-state index < -0.39 is 0 Å². The van der Waals surface area contributed by atoms with Crippen LogP contribution in [-0.4, -0.2) is 54.1 Å². The summed E-state index contributed by atoms with van der Waals surface area (Å²) in [4.78, 5) is 5.54. The van der Waals surface area contributed by atoms with Crippen molar-refractivity contribution >= 4 is 0 Å². The molecule has 0 radical (unpaired) electrons. The predicted molar refractivity (Wildman–Crippen MR) is 75.5 cm³/mol. The molecule has 0 amide bonds. The van der Waals surface area contributed by atoms with E-state index in [1.54, 1.807) is 0 Å². The Hall–Kier alpha value is -0.120. The molecule has 0 aromatic rings. The van der Waals surface area contributed by atoms with Gasteiger partial charge in [0.25, 0.3) is 0 Å². The number of hydrogen-bond acceptors (Lipinski definition) is 3. The van der Waals surface area contributed by atoms with Crippen LogP contribution in [0.3, 0.4) is 0 Å². The third-order valence-corrected chi connectivity index (χ3v) is 5.47. The van der Waals surface area contributed by atoms with E-state index in [4.69, 9.17) is 5.73 Å². The second-order valence-corrected chi connectivity index (χ2v) is 6.80. The van der Waals surface area contributed by atoms with Crippen LogP contribution in [0.25, 0.3) is 0 Å². The molecule has 2 bridgehead atoms. The van der Waals surface area contributed by atoms with Crippen LogP contribution < -0.4 is 5.73 Å². The summed E-state index contributed by atoms with van der Waals surface area (Å²) < 4.78 is 0. The molecule has 18 heavy (non-hydrogen) atoms. The minimum atomic E-state index is 0.342. The summed E-state index contributed by atoms with van der Waals surface area (Å²) in [6.07, 6.45) is 5.36. The lowest BCUT2D eigenvalue weighted by Gasteiger charge is -2.49. The number of fused-ring (bicyclic) bond motifs is 2. The Labute approximate surface area is 112 Å². The van der Waals surface area contributed by atoms with Crippen LogP contribution in [0.5, 0.6) is 0 Å². The Morgan fingerprint density at radius 2 is 2.00 bits per heavy atom. The highest BCUT2D eigenvalue weighted by atomic mass is 15.3. The first-order valence-corrected chi connectivity index (χ1v) is 7.94. The molecule has 0 aromatic carbocycles. The van der Waals surface area contributed by atoms with Crippen molar-refractivity contribution in [2.75, 3.05) is 26.2 Å². The molecular weight excluding hydrogens is 222 g/mol. The summed E-state index contributed by atoms with van der Waals surface area (Å²) in [6, 6.07) is 1.91. The van der Waals surface area contributed by atoms with Gasteiger partial charge in [-0.05, 0) is 64.1 Å². The molecule has 4 heterocycles. The Morgan fingerprint density at radius 1 is 1.28 bits per heavy atom. The molecule has 0 aromatic heterocycles. The van der Waals surface area contributed by atoms with Gasteiger partial charge >= 0.3 is 0 Å². The maximum Gasteiger partial charge on any atom is 0.0295 e. The molecular formula is C15H29N3. The van der Waals surface area contributed by atoms with Crippen LogP contribution in [-0.2, 0) is 0 Å². The minimum Gasteiger partial charge on any atom is -0.328 e. The number of nitrogens with zero attached hydrogens (tertiary/aromatic N) is 2. The van der Waals surface area contributed by atoms with Crippen molar-refractivity contribution in [1.29, 1.82) is 0 Å². The summed E-state index contributed by atoms with van der Waals surface area (Å²) >= 11 is 0. The van der Waals surface area contributed by atoms with Gasteiger partial charge in [0, 0.05) is 24.7 Å². The second kappa shape index (κ2) is 5.10. The third-order valence-electron chi connectivity index (χ3n) is 5.47. The third kappa shape index (κ3) is 2.10. The van der Waals surface area contributed by atoms with Gasteiger partial charge in [0.05, 0.1) is 0 Å². The summed E-state index contributed by atoms with van der Waals surface area (Å²) in [5, 5.41) is 0. The zero-order chi connectivity index (χ0) is 12.7. The first-order valence-electron chi connectivity index (χ1n) is 7.94. The van der Waals surface area contributed by atoms with Gasteiger partial charge in [-0.2, -0.15) is 0 Å². The molecule has 0 spiro atoms. The highest BCUT2D eigenvalue weighted by Crippen LogP contribution is 2.44. The van der Waals surface area contributed by atoms with E-state index in [0.717, 1.165) is 23.9 Å². The molecule has 3 nitrogen and oxygen atoms in total. The standard InChI is InChI=1S/C15H29N3/c1-3-6-18-10-13-12-4-7-17(8-5-12)15(13)14(18)9-11(2)16/h11-15H,3-10,16H2,1-2H3. The van der Waals surface area contributed by atoms with Gasteiger partial charge in [0.1, 0.15) is 0 Å². The van der Waals surface area contributed by atoms with Gasteiger partial charge in [0.15, 0.2) is 0 Å². The normalized spacial score (nSPS) is 45.2. The first kappa shape index (κ1) is 12.9. The quantitative estimate of drug-likeness (QED) is 0.822. The first-order chi connectivity index (χ1) is 8.70. The van der Waals surface area contributed by atoms with Crippen LogP contribution in [0.2, 0.25) is 0 Å². The molecule has 4 unspecified atom stereocenters. The van der Waals surface area contributed by atoms with Crippen LogP contribution in [0.4, 0.5) is 0 Å². The lowest BCUT2D eigenvalue weighted by Crippen LogP contribution is -2.57. The number of rotatable bonds is 4. The van der Waals surface area contributed by atoms with Crippen LogP contribution in [0, 0.1) is 11.8 Å². The monoisotopic (exact) mass is 251 g/mol. The van der Waals surface area contributed by atoms with Crippen molar-refractivity contribution in [3.63, 3.8) is 0 Å². The maximum atomic E-state index is 6.11. The molecule has 0 saturated carbocycles. The van der Waals surface area contributed by atoms with Crippen molar-refractivity contribution < 1.29 is 0 Å². The lowest BCUT2D eigenvalue weighted by atomic mass is 9.73. The van der Waals surface area contributed by atoms with Gasteiger partial charge in [0.2, 0.25) is 0 Å². The Kier molecular flexibility index (Phi) is 3.65. The van der Waals surface area contributed by atoms with E-state index in [9.17, 15) is 0 Å². The molecule has 4 fully saturated rings. The van der Waals surface area contributed by atoms with E-state index in [-0.39, 0.29) is 0 Å². The van der Waals surface area contributed by atoms with Crippen LogP contribution in [0.15, 0.2) is 0 Å². The maximum absolute atomic E-state index is 6.11. The molecule has 4 rings (SSSR count). The summed E-state index contributed by atoms with van der Waals surface area (Å²) in [6.45, 7) is 9.79. The second-order valence-electron chi connectivity index (χ2n) is 6.80. The molecule has 0 aliphatic carbocycles. The molecule has 3 heteroatoms. The Bertz CT molecular complexity index is 283. The van der Waals surface area contributed by atoms with E-state index in [1.807, 2.05) is 0 Å². The summed E-state index contributed by atoms with van der Waals surface area (Å²) in [5.74, 6) is 1.96. The zero-order valence-corrected chi connectivity index (χ0v) is 12.0. The van der Waals surface area contributed by atoms with Crippen molar-refractivity contribution in [3.8, 4) is 0 Å². The molecule has 2 N–H and O–H groups in total. The van der Waals surface area contributed by atoms with Crippen LogP contribution in [0.1, 0.15) is 39.5 Å². The van der Waals surface area contributed by atoms with Gasteiger partial charge in [-0.1, -0.05) is 6.92 Å². The predicted octanol–water partition coefficient (Wildman–Crippen LogP) is 1.53. The van der Waals surface area contributed by atoms with E-state index in [2.05, 4.69) is 23.6 Å². The molecule has 4 saturated heterocycles. The van der Waals surface area contributed by atoms with Gasteiger partial charge in [-0.25, -0.2) is 0 Å². The van der Waals surface area contributed by atoms with Crippen molar-refractivity contribution in [1.82, 2.24) is 9.80 Å². The fraction of sp³-hybridized carbons (Fsp3) is 1.00. The number of likely N-dealkylation sites (tertiary alicyclic amines) is 1. The zero-order valence-electron chi connectivity index (χ0n) is 12.0. The summed E-state index contributed by atoms with van der Waals surface area (Å²) in [5.41, 5.74) is 6.11. The smallest absolute Gasteiger partial charge is 0.0295 e. The minimum absolute atomic E-state index is 0.342. The summed E-state index contributed by atoms with van der Waals surface area (Å²) in [7, 11) is 0. The fourth-order valence-corrected chi connectivity index (χ4v) is 4.82. The van der Waals surface area contributed by atoms with Gasteiger partial charge in [-0.15, -0.1) is 0 Å². The fourth-order valence-electron chi connectivity index (χ4n) is 4.82. The average molecular weight is 251 g/mol. The SMILES string of the molecule is CCCN1CC2C3CCN(CC3)C2C1CC(C)N. The number of hydrogen-bond donors (Lipinski definition) is 1. The van der Waals surface area contributed by atoms with Crippen molar-refractivity contribution in [2.45, 2.75) is 57.7 Å². The molecule has 104 valence electrons. The lowest BCUT2D eigenvalue weighted by molar-refractivity contribution is 0.00162. The molecule has 4 aliphatic heterocycles. The number of nitrogens with two attached hydrogens (primary N) is 1. The number of piperidine rings is 3. The Balaban J connectivity index is 1.79. The Morgan fingerprint density at radius 3 is 2.61 bits per heavy atom. The molecule has 4 atom stereocenters. The molecule has 4 aliphatic rings. The van der Waals surface area contributed by atoms with Crippen molar-refractivity contribution in [2.24, 2.45) is 17.6 Å². The van der Waals surface area contributed by atoms with E-state index >= 15 is 0 Å². The van der Waals surface area contributed by atoms with Crippen LogP contribution >= 0.6 is 0 Å². The topological polar surface area (TPSA) is 32.5 Å². The van der Waals surface area contributed by atoms with E-state index in [1.165, 1.54) is 51.9 Å². The highest BCUT2D eigenvalue weighted by Gasteiger charge is 2.51. The largest absolute Gasteiger partial charge is 0.328 e. The van der Waals surface area contributed by atoms with Gasteiger partial charge < -0.3 is 5.73 Å². The van der Waals surface area contributed by atoms with E-state index in [0.29, 0.717) is 6.04 Å². The highest BCUT2D eigenvalue weighted by molar-refractivity contribution is 5.06. The average Bonchev–Trinajstić information content (AvgIpc) is 2.71. The van der Waals surface area contributed by atoms with Crippen molar-refractivity contribution in [3.05, 3.63) is 0 Å². The van der Waals surface area contributed by atoms with Gasteiger partial charge in [-0.3, -0.25) is 9.80 Å².